The maximum absolute atomic E-state index is 13.5. The third kappa shape index (κ3) is 3.10. The fraction of sp³-hybridized carbons (Fsp3) is 0.409. The zero-order valence-electron chi connectivity index (χ0n) is 17.2. The molecule has 1 atom stereocenters. The van der Waals surface area contributed by atoms with Gasteiger partial charge in [0.2, 0.25) is 0 Å². The molecule has 3 aliphatic rings. The highest BCUT2D eigenvalue weighted by molar-refractivity contribution is 6.30. The number of nitrogens with two attached hydrogens (primary N) is 1. The van der Waals surface area contributed by atoms with Crippen LogP contribution in [0.2, 0.25) is 5.02 Å². The van der Waals surface area contributed by atoms with E-state index in [0.717, 1.165) is 12.8 Å². The molecule has 1 aromatic carbocycles. The predicted octanol–water partition coefficient (Wildman–Crippen LogP) is 1.87. The third-order valence-corrected chi connectivity index (χ3v) is 6.73. The van der Waals surface area contributed by atoms with Crippen molar-refractivity contribution in [1.29, 1.82) is 0 Å². The monoisotopic (exact) mass is 460 g/mol. The zero-order valence-corrected chi connectivity index (χ0v) is 17.9. The van der Waals surface area contributed by atoms with Crippen molar-refractivity contribution in [2.75, 3.05) is 19.6 Å². The largest absolute Gasteiger partial charge is 0.502 e. The van der Waals surface area contributed by atoms with Gasteiger partial charge in [-0.1, -0.05) is 17.7 Å². The number of amides is 2. The van der Waals surface area contributed by atoms with Gasteiger partial charge in [-0.2, -0.15) is 0 Å². The van der Waals surface area contributed by atoms with Crippen LogP contribution in [0.1, 0.15) is 51.0 Å². The molecule has 1 saturated carbocycles. The van der Waals surface area contributed by atoms with Crippen molar-refractivity contribution < 1.29 is 19.1 Å². The molecule has 3 heterocycles. The average molecular weight is 461 g/mol. The van der Waals surface area contributed by atoms with Crippen LogP contribution < -0.4 is 11.3 Å². The molecule has 2 amide bonds. The molecule has 1 aliphatic carbocycles. The molecule has 1 fully saturated rings. The first kappa shape index (κ1) is 21.0. The van der Waals surface area contributed by atoms with Crippen LogP contribution in [0.5, 0.6) is 5.75 Å². The summed E-state index contributed by atoms with van der Waals surface area (Å²) in [5.41, 5.74) is 6.04. The molecular weight excluding hydrogens is 439 g/mol. The smallest absolute Gasteiger partial charge is 0.295 e. The molecule has 0 spiro atoms. The molecular formula is C22H22ClFN4O4. The molecule has 32 heavy (non-hydrogen) atoms. The summed E-state index contributed by atoms with van der Waals surface area (Å²) < 4.78 is 14.8. The SMILES string of the molecule is NCCN1C(=O)c2c3c(c(O)c(=O)n2C1C1CC1)C(=O)N(Cc1ccc(F)c(Cl)c1)CC3. The Bertz CT molecular complexity index is 1210. The maximum atomic E-state index is 13.5. The molecule has 0 bridgehead atoms. The van der Waals surface area contributed by atoms with E-state index < -0.39 is 29.2 Å². The molecule has 10 heteroatoms. The minimum atomic E-state index is -0.733. The van der Waals surface area contributed by atoms with Crippen molar-refractivity contribution in [3.63, 3.8) is 0 Å². The minimum absolute atomic E-state index is 0.0528. The van der Waals surface area contributed by atoms with Gasteiger partial charge in [-0.15, -0.1) is 0 Å². The van der Waals surface area contributed by atoms with Crippen LogP contribution in [-0.4, -0.2) is 50.9 Å². The van der Waals surface area contributed by atoms with Crippen molar-refractivity contribution in [3.05, 3.63) is 61.8 Å². The Morgan fingerprint density at radius 2 is 1.94 bits per heavy atom. The lowest BCUT2D eigenvalue weighted by atomic mass is 9.95. The van der Waals surface area contributed by atoms with Gasteiger partial charge in [0.1, 0.15) is 17.7 Å². The number of hydrogen-bond donors (Lipinski definition) is 2. The summed E-state index contributed by atoms with van der Waals surface area (Å²) in [6.07, 6.45) is 1.60. The van der Waals surface area contributed by atoms with Gasteiger partial charge >= 0.3 is 0 Å². The van der Waals surface area contributed by atoms with E-state index in [1.54, 1.807) is 4.90 Å². The summed E-state index contributed by atoms with van der Waals surface area (Å²) in [7, 11) is 0. The highest BCUT2D eigenvalue weighted by atomic mass is 35.5. The molecule has 168 valence electrons. The zero-order chi connectivity index (χ0) is 22.7. The molecule has 8 nitrogen and oxygen atoms in total. The van der Waals surface area contributed by atoms with Crippen LogP contribution in [0, 0.1) is 11.7 Å². The number of rotatable bonds is 5. The maximum Gasteiger partial charge on any atom is 0.295 e. The van der Waals surface area contributed by atoms with E-state index in [2.05, 4.69) is 0 Å². The summed E-state index contributed by atoms with van der Waals surface area (Å²) in [5, 5.41) is 10.7. The Kier molecular flexibility index (Phi) is 4.98. The highest BCUT2D eigenvalue weighted by Gasteiger charge is 2.49. The standard InChI is InChI=1S/C22H22ClFN4O4/c23-14-9-11(1-4-15(14)24)10-26-7-5-13-16(20(26)30)18(29)22(32)28-17(13)21(31)27(8-6-25)19(28)12-2-3-12/h1,4,9,12,19,29H,2-3,5-8,10,25H2. The molecule has 0 saturated heterocycles. The Hall–Kier alpha value is -2.91. The lowest BCUT2D eigenvalue weighted by molar-refractivity contribution is 0.0673. The van der Waals surface area contributed by atoms with Gasteiger partial charge in [0.25, 0.3) is 17.4 Å². The topological polar surface area (TPSA) is 109 Å². The highest BCUT2D eigenvalue weighted by Crippen LogP contribution is 2.46. The van der Waals surface area contributed by atoms with Gasteiger partial charge in [0, 0.05) is 31.7 Å². The second kappa shape index (κ2) is 7.60. The molecule has 3 N–H and O–H groups in total. The lowest BCUT2D eigenvalue weighted by Gasteiger charge is -2.30. The molecule has 2 aliphatic heterocycles. The van der Waals surface area contributed by atoms with Gasteiger partial charge in [0.05, 0.1) is 10.6 Å². The van der Waals surface area contributed by atoms with E-state index in [1.807, 2.05) is 0 Å². The number of carbonyl (C=O) groups excluding carboxylic acids is 2. The first-order valence-corrected chi connectivity index (χ1v) is 11.0. The van der Waals surface area contributed by atoms with Crippen molar-refractivity contribution in [3.8, 4) is 5.75 Å². The fourth-order valence-electron chi connectivity index (χ4n) is 4.83. The summed E-state index contributed by atoms with van der Waals surface area (Å²) in [6.45, 7) is 0.957. The normalized spacial score (nSPS) is 20.0. The van der Waals surface area contributed by atoms with Crippen LogP contribution in [0.3, 0.4) is 0 Å². The first-order chi connectivity index (χ1) is 15.3. The quantitative estimate of drug-likeness (QED) is 0.708. The number of benzene rings is 1. The number of aromatic nitrogens is 1. The number of carbonyl (C=O) groups is 2. The number of nitrogens with zero attached hydrogens (tertiary/aromatic N) is 3. The summed E-state index contributed by atoms with van der Waals surface area (Å²) >= 11 is 5.84. The molecule has 1 unspecified atom stereocenters. The van der Waals surface area contributed by atoms with E-state index in [9.17, 15) is 23.9 Å². The number of halogens is 2. The van der Waals surface area contributed by atoms with E-state index in [1.165, 1.54) is 27.7 Å². The van der Waals surface area contributed by atoms with Crippen LogP contribution in [0.15, 0.2) is 23.0 Å². The van der Waals surface area contributed by atoms with E-state index >= 15 is 0 Å². The Morgan fingerprint density at radius 1 is 1.19 bits per heavy atom. The van der Waals surface area contributed by atoms with Crippen LogP contribution in [0.25, 0.3) is 0 Å². The van der Waals surface area contributed by atoms with Crippen LogP contribution in [-0.2, 0) is 13.0 Å². The van der Waals surface area contributed by atoms with Crippen molar-refractivity contribution in [2.45, 2.75) is 32.0 Å². The Balaban J connectivity index is 1.56. The number of pyridine rings is 1. The van der Waals surface area contributed by atoms with E-state index in [-0.39, 0.29) is 47.7 Å². The Labute approximate surface area is 188 Å². The Morgan fingerprint density at radius 3 is 2.59 bits per heavy atom. The average Bonchev–Trinajstić information content (AvgIpc) is 3.56. The van der Waals surface area contributed by atoms with Gasteiger partial charge in [-0.25, -0.2) is 4.39 Å². The molecule has 0 radical (unpaired) electrons. The minimum Gasteiger partial charge on any atom is -0.502 e. The van der Waals surface area contributed by atoms with Crippen molar-refractivity contribution in [1.82, 2.24) is 14.4 Å². The second-order valence-electron chi connectivity index (χ2n) is 8.49. The third-order valence-electron chi connectivity index (χ3n) is 6.44. The summed E-state index contributed by atoms with van der Waals surface area (Å²) in [4.78, 5) is 42.7. The lowest BCUT2D eigenvalue weighted by Crippen LogP contribution is -2.40. The molecule has 2 aromatic rings. The summed E-state index contributed by atoms with van der Waals surface area (Å²) in [5.74, 6) is -1.92. The van der Waals surface area contributed by atoms with Gasteiger partial charge in [0.15, 0.2) is 5.75 Å². The van der Waals surface area contributed by atoms with E-state index in [0.29, 0.717) is 24.1 Å². The van der Waals surface area contributed by atoms with Crippen LogP contribution in [0.4, 0.5) is 4.39 Å². The number of aromatic hydroxyl groups is 1. The van der Waals surface area contributed by atoms with Gasteiger partial charge in [-0.3, -0.25) is 19.0 Å². The molecule has 5 rings (SSSR count). The number of hydrogen-bond acceptors (Lipinski definition) is 5. The predicted molar refractivity (Wildman–Crippen MR) is 114 cm³/mol. The first-order valence-electron chi connectivity index (χ1n) is 10.6. The summed E-state index contributed by atoms with van der Waals surface area (Å²) in [6, 6.07) is 4.18. The van der Waals surface area contributed by atoms with Gasteiger partial charge < -0.3 is 20.6 Å². The van der Waals surface area contributed by atoms with Gasteiger partial charge in [-0.05, 0) is 42.9 Å². The van der Waals surface area contributed by atoms with Crippen LogP contribution >= 0.6 is 11.6 Å². The fourth-order valence-corrected chi connectivity index (χ4v) is 5.03. The number of fused-ring (bicyclic) bond motifs is 3. The van der Waals surface area contributed by atoms with Crippen molar-refractivity contribution in [2.24, 2.45) is 11.7 Å². The molecule has 1 aromatic heterocycles. The second-order valence-corrected chi connectivity index (χ2v) is 8.90. The van der Waals surface area contributed by atoms with Crippen molar-refractivity contribution >= 4 is 23.4 Å². The van der Waals surface area contributed by atoms with E-state index in [4.69, 9.17) is 17.3 Å².